The molecule has 18 heavy (non-hydrogen) atoms. The lowest BCUT2D eigenvalue weighted by molar-refractivity contribution is 0.414. The van der Waals surface area contributed by atoms with Crippen LogP contribution in [0.2, 0.25) is 0 Å². The van der Waals surface area contributed by atoms with Crippen molar-refractivity contribution in [2.75, 3.05) is 12.4 Å². The summed E-state index contributed by atoms with van der Waals surface area (Å²) in [6.07, 6.45) is 0. The predicted molar refractivity (Wildman–Crippen MR) is 75.7 cm³/mol. The third kappa shape index (κ3) is 3.96. The van der Waals surface area contributed by atoms with Crippen molar-refractivity contribution in [3.05, 3.63) is 24.3 Å². The van der Waals surface area contributed by atoms with Gasteiger partial charge in [0.05, 0.1) is 12.0 Å². The van der Waals surface area contributed by atoms with Gasteiger partial charge in [-0.15, -0.1) is 0 Å². The number of ether oxygens (including phenoxy) is 1. The quantitative estimate of drug-likeness (QED) is 0.812. The normalized spacial score (nSPS) is 13.6. The first kappa shape index (κ1) is 15.5. The van der Waals surface area contributed by atoms with E-state index < -0.39 is 10.0 Å². The number of sulfonamides is 1. The van der Waals surface area contributed by atoms with Gasteiger partial charge in [-0.1, -0.05) is 29.8 Å². The molecule has 0 bridgehead atoms. The second-order valence-electron chi connectivity index (χ2n) is 4.30. The monoisotopic (exact) mass is 335 g/mol. The molecule has 1 aromatic carbocycles. The number of rotatable bonds is 6. The highest BCUT2D eigenvalue weighted by Crippen LogP contribution is 2.17. The molecule has 0 heterocycles. The Morgan fingerprint density at radius 2 is 1.83 bits per heavy atom. The maximum Gasteiger partial charge on any atom is 0.240 e. The summed E-state index contributed by atoms with van der Waals surface area (Å²) in [5.74, 6) is 0.854. The minimum Gasteiger partial charge on any atom is -0.497 e. The summed E-state index contributed by atoms with van der Waals surface area (Å²) in [4.78, 5) is 0.245. The van der Waals surface area contributed by atoms with Crippen LogP contribution in [-0.4, -0.2) is 26.9 Å². The highest BCUT2D eigenvalue weighted by atomic mass is 79.9. The average Bonchev–Trinajstić information content (AvgIpc) is 2.35. The number of alkyl halides is 1. The number of halogens is 1. The van der Waals surface area contributed by atoms with E-state index in [2.05, 4.69) is 20.7 Å². The third-order valence-corrected chi connectivity index (χ3v) is 4.85. The molecule has 4 nitrogen and oxygen atoms in total. The molecule has 0 aliphatic heterocycles. The van der Waals surface area contributed by atoms with Crippen molar-refractivity contribution in [3.8, 4) is 5.75 Å². The molecule has 1 unspecified atom stereocenters. The average molecular weight is 336 g/mol. The second-order valence-corrected chi connectivity index (χ2v) is 6.66. The molecule has 0 saturated carbocycles. The largest absolute Gasteiger partial charge is 0.497 e. The van der Waals surface area contributed by atoms with Gasteiger partial charge in [0, 0.05) is 11.4 Å². The van der Waals surface area contributed by atoms with E-state index in [-0.39, 0.29) is 16.9 Å². The van der Waals surface area contributed by atoms with Crippen LogP contribution in [0.5, 0.6) is 5.75 Å². The first-order valence-electron chi connectivity index (χ1n) is 5.63. The van der Waals surface area contributed by atoms with Crippen molar-refractivity contribution in [3.63, 3.8) is 0 Å². The highest BCUT2D eigenvalue weighted by molar-refractivity contribution is 9.09. The van der Waals surface area contributed by atoms with Gasteiger partial charge in [0.25, 0.3) is 0 Å². The lowest BCUT2D eigenvalue weighted by Crippen LogP contribution is -2.39. The van der Waals surface area contributed by atoms with Crippen LogP contribution in [0.15, 0.2) is 29.2 Å². The minimum atomic E-state index is -3.48. The van der Waals surface area contributed by atoms with Gasteiger partial charge in [-0.3, -0.25) is 0 Å². The molecule has 1 atom stereocenters. The summed E-state index contributed by atoms with van der Waals surface area (Å²) in [6.45, 7) is 3.95. The Balaban J connectivity index is 2.91. The Hall–Kier alpha value is -0.590. The number of hydrogen-bond donors (Lipinski definition) is 1. The molecule has 0 saturated heterocycles. The molecule has 0 aliphatic rings. The van der Waals surface area contributed by atoms with Gasteiger partial charge >= 0.3 is 0 Å². The number of hydrogen-bond acceptors (Lipinski definition) is 3. The molecule has 0 fully saturated rings. The van der Waals surface area contributed by atoms with Crippen molar-refractivity contribution in [2.45, 2.75) is 24.8 Å². The van der Waals surface area contributed by atoms with E-state index in [9.17, 15) is 8.42 Å². The van der Waals surface area contributed by atoms with Crippen LogP contribution >= 0.6 is 15.9 Å². The molecule has 0 spiro atoms. The summed E-state index contributed by atoms with van der Waals surface area (Å²) < 4.78 is 31.9. The van der Waals surface area contributed by atoms with E-state index in [0.717, 1.165) is 0 Å². The smallest absolute Gasteiger partial charge is 0.240 e. The minimum absolute atomic E-state index is 0.128. The van der Waals surface area contributed by atoms with Crippen LogP contribution in [0, 0.1) is 5.92 Å². The zero-order valence-corrected chi connectivity index (χ0v) is 13.1. The van der Waals surface area contributed by atoms with Crippen molar-refractivity contribution in [1.82, 2.24) is 4.72 Å². The molecule has 0 radical (unpaired) electrons. The van der Waals surface area contributed by atoms with Gasteiger partial charge in [0.1, 0.15) is 5.75 Å². The van der Waals surface area contributed by atoms with E-state index in [1.165, 1.54) is 12.1 Å². The van der Waals surface area contributed by atoms with Crippen molar-refractivity contribution in [1.29, 1.82) is 0 Å². The van der Waals surface area contributed by atoms with Crippen molar-refractivity contribution < 1.29 is 13.2 Å². The standard InChI is InChI=1S/C12H18BrNO3S/c1-9(2)12(8-13)14-18(15,16)11-6-4-10(17-3)5-7-11/h4-7,9,12,14H,8H2,1-3H3. The molecule has 1 aromatic rings. The zero-order valence-electron chi connectivity index (χ0n) is 10.7. The Morgan fingerprint density at radius 1 is 1.28 bits per heavy atom. The van der Waals surface area contributed by atoms with Gasteiger partial charge in [0.15, 0.2) is 0 Å². The predicted octanol–water partition coefficient (Wildman–Crippen LogP) is 2.39. The van der Waals surface area contributed by atoms with Crippen LogP contribution in [0.1, 0.15) is 13.8 Å². The summed E-state index contributed by atoms with van der Waals surface area (Å²) in [6, 6.07) is 6.21. The fourth-order valence-corrected chi connectivity index (χ4v) is 3.88. The van der Waals surface area contributed by atoms with Crippen LogP contribution in [0.3, 0.4) is 0 Å². The maximum atomic E-state index is 12.1. The highest BCUT2D eigenvalue weighted by Gasteiger charge is 2.21. The molecule has 0 aromatic heterocycles. The van der Waals surface area contributed by atoms with Crippen molar-refractivity contribution in [2.24, 2.45) is 5.92 Å². The fourth-order valence-electron chi connectivity index (χ4n) is 1.37. The lowest BCUT2D eigenvalue weighted by atomic mass is 10.1. The lowest BCUT2D eigenvalue weighted by Gasteiger charge is -2.19. The molecular weight excluding hydrogens is 318 g/mol. The van der Waals surface area contributed by atoms with Crippen LogP contribution in [0.4, 0.5) is 0 Å². The number of nitrogens with one attached hydrogen (secondary N) is 1. The van der Waals surface area contributed by atoms with Gasteiger partial charge in [-0.25, -0.2) is 13.1 Å². The first-order chi connectivity index (χ1) is 8.40. The Labute approximate surface area is 117 Å². The van der Waals surface area contributed by atoms with Crippen LogP contribution in [-0.2, 0) is 10.0 Å². The summed E-state index contributed by atoms with van der Waals surface area (Å²) in [5, 5.41) is 0.583. The zero-order chi connectivity index (χ0) is 13.8. The van der Waals surface area contributed by atoms with Gasteiger partial charge in [0.2, 0.25) is 10.0 Å². The molecule has 0 amide bonds. The second kappa shape index (κ2) is 6.54. The Morgan fingerprint density at radius 3 is 2.22 bits per heavy atom. The van der Waals surface area contributed by atoms with E-state index in [4.69, 9.17) is 4.74 Å². The topological polar surface area (TPSA) is 55.4 Å². The summed E-state index contributed by atoms with van der Waals surface area (Å²) in [7, 11) is -1.93. The molecule has 0 aliphatic carbocycles. The Bertz CT molecular complexity index is 471. The van der Waals surface area contributed by atoms with Gasteiger partial charge in [-0.05, 0) is 30.2 Å². The fraction of sp³-hybridized carbons (Fsp3) is 0.500. The summed E-state index contributed by atoms with van der Waals surface area (Å²) >= 11 is 3.32. The van der Waals surface area contributed by atoms with Crippen LogP contribution in [0.25, 0.3) is 0 Å². The SMILES string of the molecule is COc1ccc(S(=O)(=O)NC(CBr)C(C)C)cc1. The maximum absolute atomic E-state index is 12.1. The molecule has 6 heteroatoms. The van der Waals surface area contributed by atoms with Gasteiger partial charge in [-0.2, -0.15) is 0 Å². The summed E-state index contributed by atoms with van der Waals surface area (Å²) in [5.41, 5.74) is 0. The molecular formula is C12H18BrNO3S. The van der Waals surface area contributed by atoms with Gasteiger partial charge < -0.3 is 4.74 Å². The van der Waals surface area contributed by atoms with E-state index >= 15 is 0 Å². The molecule has 1 rings (SSSR count). The van der Waals surface area contributed by atoms with E-state index in [1.807, 2.05) is 13.8 Å². The molecule has 102 valence electrons. The van der Waals surface area contributed by atoms with Crippen LogP contribution < -0.4 is 9.46 Å². The van der Waals surface area contributed by atoms with E-state index in [1.54, 1.807) is 19.2 Å². The number of benzene rings is 1. The number of methoxy groups -OCH3 is 1. The van der Waals surface area contributed by atoms with Crippen molar-refractivity contribution >= 4 is 26.0 Å². The molecule has 1 N–H and O–H groups in total. The first-order valence-corrected chi connectivity index (χ1v) is 8.23. The van der Waals surface area contributed by atoms with E-state index in [0.29, 0.717) is 11.1 Å². The third-order valence-electron chi connectivity index (χ3n) is 2.65. The Kier molecular flexibility index (Phi) is 5.62.